The Kier molecular flexibility index (Phi) is 7.56. The molecule has 1 saturated heterocycles. The lowest BCUT2D eigenvalue weighted by atomic mass is 9.97. The molecule has 1 saturated carbocycles. The van der Waals surface area contributed by atoms with Crippen molar-refractivity contribution in [1.82, 2.24) is 4.98 Å². The molecule has 166 valence electrons. The van der Waals surface area contributed by atoms with E-state index in [0.29, 0.717) is 16.9 Å². The second-order valence-corrected chi connectivity index (χ2v) is 7.94. The molecule has 7 N–H and O–H groups in total. The lowest BCUT2D eigenvalue weighted by Crippen LogP contribution is -2.61. The first-order valence-corrected chi connectivity index (χ1v) is 10.3. The molecule has 2 heterocycles. The largest absolute Gasteiger partial charge is 0.479 e. The maximum atomic E-state index is 11.1. The summed E-state index contributed by atoms with van der Waals surface area (Å²) in [5.41, 5.74) is 6.31. The molecule has 10 heteroatoms. The third kappa shape index (κ3) is 5.05. The summed E-state index contributed by atoms with van der Waals surface area (Å²) in [4.78, 5) is 13.9. The summed E-state index contributed by atoms with van der Waals surface area (Å²) in [7, 11) is 0. The maximum Gasteiger partial charge on any atom is 0.335 e. The van der Waals surface area contributed by atoms with Crippen LogP contribution in [0.25, 0.3) is 10.9 Å². The van der Waals surface area contributed by atoms with Crippen molar-refractivity contribution >= 4 is 28.5 Å². The molecule has 1 aliphatic heterocycles. The smallest absolute Gasteiger partial charge is 0.335 e. The van der Waals surface area contributed by atoms with E-state index in [1.165, 1.54) is 32.1 Å². The molecule has 30 heavy (non-hydrogen) atoms. The summed E-state index contributed by atoms with van der Waals surface area (Å²) >= 11 is 6.05. The second kappa shape index (κ2) is 9.95. The highest BCUT2D eigenvalue weighted by Gasteiger charge is 2.48. The van der Waals surface area contributed by atoms with E-state index in [-0.39, 0.29) is 10.9 Å². The van der Waals surface area contributed by atoms with Crippen LogP contribution in [-0.2, 0) is 9.53 Å². The Hall–Kier alpha value is -1.88. The number of H-pyrrole nitrogens is 1. The first kappa shape index (κ1) is 22.8. The molecule has 0 spiro atoms. The lowest BCUT2D eigenvalue weighted by molar-refractivity contribution is -0.270. The number of carboxylic acid groups (broad SMARTS) is 1. The number of fused-ring (bicyclic) bond motifs is 1. The average molecular weight is 443 g/mol. The SMILES string of the molecule is NC1CCCCC1.O=C(O)[C@H]1OC(Oc2c(Cl)[nH]c3ccccc23)[C@H](O)[C@@H](O)[C@@H]1O. The van der Waals surface area contributed by atoms with E-state index in [0.717, 1.165) is 0 Å². The fourth-order valence-corrected chi connectivity index (χ4v) is 3.85. The Labute approximate surface area is 178 Å². The Morgan fingerprint density at radius 2 is 1.77 bits per heavy atom. The number of aliphatic hydroxyl groups is 3. The van der Waals surface area contributed by atoms with Crippen LogP contribution in [0.5, 0.6) is 5.75 Å². The number of aromatic amines is 1. The quantitative estimate of drug-likeness (QED) is 0.415. The fraction of sp³-hybridized carbons (Fsp3) is 0.550. The zero-order valence-corrected chi connectivity index (χ0v) is 17.0. The van der Waals surface area contributed by atoms with Crippen molar-refractivity contribution in [3.05, 3.63) is 29.4 Å². The number of nitrogens with two attached hydrogens (primary N) is 1. The van der Waals surface area contributed by atoms with Crippen molar-refractivity contribution in [2.24, 2.45) is 5.73 Å². The van der Waals surface area contributed by atoms with Crippen LogP contribution in [-0.4, -0.2) is 68.1 Å². The van der Waals surface area contributed by atoms with E-state index in [1.807, 2.05) is 0 Å². The minimum atomic E-state index is -1.78. The van der Waals surface area contributed by atoms with Gasteiger partial charge in [0.25, 0.3) is 0 Å². The lowest BCUT2D eigenvalue weighted by Gasteiger charge is -2.38. The van der Waals surface area contributed by atoms with Crippen molar-refractivity contribution in [2.45, 2.75) is 68.9 Å². The molecule has 0 radical (unpaired) electrons. The number of carbonyl (C=O) groups is 1. The number of rotatable bonds is 3. The average Bonchev–Trinajstić information content (AvgIpc) is 3.04. The minimum Gasteiger partial charge on any atom is -0.479 e. The predicted molar refractivity (Wildman–Crippen MR) is 109 cm³/mol. The van der Waals surface area contributed by atoms with Crippen molar-refractivity contribution < 1.29 is 34.7 Å². The molecule has 2 aromatic rings. The number of para-hydroxylation sites is 1. The number of hydrogen-bond acceptors (Lipinski definition) is 7. The Balaban J connectivity index is 0.000000310. The molecular weight excluding hydrogens is 416 g/mol. The molecule has 1 aromatic heterocycles. The molecular formula is C20H27ClN2O7. The van der Waals surface area contributed by atoms with Gasteiger partial charge in [0.2, 0.25) is 6.29 Å². The molecule has 4 rings (SSSR count). The first-order chi connectivity index (χ1) is 14.3. The van der Waals surface area contributed by atoms with Crippen molar-refractivity contribution in [1.29, 1.82) is 0 Å². The van der Waals surface area contributed by atoms with E-state index in [4.69, 9.17) is 31.9 Å². The predicted octanol–water partition coefficient (Wildman–Crippen LogP) is 1.37. The molecule has 2 aliphatic rings. The van der Waals surface area contributed by atoms with Crippen molar-refractivity contribution in [2.75, 3.05) is 0 Å². The van der Waals surface area contributed by atoms with Gasteiger partial charge in [0, 0.05) is 11.4 Å². The number of carboxylic acids is 1. The van der Waals surface area contributed by atoms with E-state index >= 15 is 0 Å². The van der Waals surface area contributed by atoms with E-state index in [1.54, 1.807) is 24.3 Å². The van der Waals surface area contributed by atoms with Gasteiger partial charge in [-0.15, -0.1) is 0 Å². The Morgan fingerprint density at radius 1 is 1.10 bits per heavy atom. The van der Waals surface area contributed by atoms with Crippen LogP contribution < -0.4 is 10.5 Å². The number of aliphatic hydroxyl groups excluding tert-OH is 3. The molecule has 2 fully saturated rings. The van der Waals surface area contributed by atoms with Crippen molar-refractivity contribution in [3.63, 3.8) is 0 Å². The molecule has 1 aliphatic carbocycles. The summed E-state index contributed by atoms with van der Waals surface area (Å²) < 4.78 is 10.5. The second-order valence-electron chi connectivity index (χ2n) is 7.56. The van der Waals surface area contributed by atoms with Gasteiger partial charge in [-0.25, -0.2) is 4.79 Å². The van der Waals surface area contributed by atoms with Gasteiger partial charge < -0.3 is 40.6 Å². The molecule has 5 atom stereocenters. The van der Waals surface area contributed by atoms with Crippen molar-refractivity contribution in [3.8, 4) is 5.75 Å². The van der Waals surface area contributed by atoms with Gasteiger partial charge in [-0.2, -0.15) is 0 Å². The Morgan fingerprint density at radius 3 is 2.37 bits per heavy atom. The third-order valence-corrected chi connectivity index (χ3v) is 5.58. The molecule has 9 nitrogen and oxygen atoms in total. The zero-order chi connectivity index (χ0) is 21.8. The first-order valence-electron chi connectivity index (χ1n) is 9.90. The van der Waals surface area contributed by atoms with Gasteiger partial charge in [0.1, 0.15) is 23.5 Å². The van der Waals surface area contributed by atoms with E-state index in [9.17, 15) is 20.1 Å². The van der Waals surface area contributed by atoms with E-state index < -0.39 is 36.7 Å². The number of benzene rings is 1. The van der Waals surface area contributed by atoms with Gasteiger partial charge in [0.15, 0.2) is 11.9 Å². The van der Waals surface area contributed by atoms with Crippen LogP contribution in [0.15, 0.2) is 24.3 Å². The number of halogens is 1. The minimum absolute atomic E-state index is 0.134. The van der Waals surface area contributed by atoms with Crippen LogP contribution in [0.4, 0.5) is 0 Å². The normalized spacial score (nSPS) is 29.8. The topological polar surface area (TPSA) is 158 Å². The third-order valence-electron chi connectivity index (χ3n) is 5.31. The molecule has 1 unspecified atom stereocenters. The van der Waals surface area contributed by atoms with Crippen LogP contribution in [0.1, 0.15) is 32.1 Å². The van der Waals surface area contributed by atoms with Crippen LogP contribution in [0.2, 0.25) is 5.15 Å². The number of nitrogens with one attached hydrogen (secondary N) is 1. The van der Waals surface area contributed by atoms with Gasteiger partial charge >= 0.3 is 5.97 Å². The molecule has 1 aromatic carbocycles. The van der Waals surface area contributed by atoms with Gasteiger partial charge in [0.05, 0.1) is 5.52 Å². The number of hydrogen-bond donors (Lipinski definition) is 6. The van der Waals surface area contributed by atoms with Gasteiger partial charge in [-0.1, -0.05) is 43.0 Å². The number of aromatic nitrogens is 1. The van der Waals surface area contributed by atoms with E-state index in [2.05, 4.69) is 4.98 Å². The molecule has 0 amide bonds. The highest BCUT2D eigenvalue weighted by Crippen LogP contribution is 2.36. The highest BCUT2D eigenvalue weighted by atomic mass is 35.5. The van der Waals surface area contributed by atoms with Crippen LogP contribution >= 0.6 is 11.6 Å². The summed E-state index contributed by atoms with van der Waals surface area (Å²) in [6.45, 7) is 0. The summed E-state index contributed by atoms with van der Waals surface area (Å²) in [6.07, 6.45) is -1.74. The number of aliphatic carboxylic acids is 1. The van der Waals surface area contributed by atoms with Crippen LogP contribution in [0.3, 0.4) is 0 Å². The summed E-state index contributed by atoms with van der Waals surface area (Å²) in [5.74, 6) is -1.33. The zero-order valence-electron chi connectivity index (χ0n) is 16.3. The van der Waals surface area contributed by atoms with Gasteiger partial charge in [-0.3, -0.25) is 0 Å². The summed E-state index contributed by atoms with van der Waals surface area (Å²) in [6, 6.07) is 7.53. The van der Waals surface area contributed by atoms with Gasteiger partial charge in [-0.05, 0) is 25.0 Å². The number of ether oxygens (including phenoxy) is 2. The maximum absolute atomic E-state index is 11.1. The fourth-order valence-electron chi connectivity index (χ4n) is 3.60. The van der Waals surface area contributed by atoms with Crippen LogP contribution in [0, 0.1) is 0 Å². The highest BCUT2D eigenvalue weighted by molar-refractivity contribution is 6.32. The monoisotopic (exact) mass is 442 g/mol. The molecule has 0 bridgehead atoms. The summed E-state index contributed by atoms with van der Waals surface area (Å²) in [5, 5.41) is 39.1. The Bertz CT molecular complexity index is 855. The standard InChI is InChI=1S/C14H14ClNO7.C6H13N/c15-12-10(5-3-1-2-4-6(5)16-12)22-14-9(19)7(17)8(18)11(23-14)13(20)21;7-6-4-2-1-3-5-6/h1-4,7-9,11,14,16-19H,(H,20,21);6H,1-5,7H2/t7-,8-,9+,11-,14?;/m0./s1.